The smallest absolute Gasteiger partial charge is 0.182 e. The highest BCUT2D eigenvalue weighted by molar-refractivity contribution is 7.71. The van der Waals surface area contributed by atoms with Gasteiger partial charge in [0.1, 0.15) is 0 Å². The van der Waals surface area contributed by atoms with Gasteiger partial charge in [0.25, 0.3) is 0 Å². The lowest BCUT2D eigenvalue weighted by Gasteiger charge is -2.15. The van der Waals surface area contributed by atoms with Gasteiger partial charge in [-0.05, 0) is 29.8 Å². The standard InChI is InChI=1S/C18H18N2S/c1-13(2)15-10-6-7-11-16(15)20-17(12-19-18(20)21)14-8-4-3-5-9-14/h3-13H,1-2H3,(H,19,21). The van der Waals surface area contributed by atoms with Crippen molar-refractivity contribution in [1.82, 2.24) is 9.55 Å². The number of nitrogens with zero attached hydrogens (tertiary/aromatic N) is 1. The molecule has 0 spiro atoms. The molecule has 106 valence electrons. The monoisotopic (exact) mass is 294 g/mol. The van der Waals surface area contributed by atoms with E-state index in [1.165, 1.54) is 5.56 Å². The summed E-state index contributed by atoms with van der Waals surface area (Å²) < 4.78 is 2.85. The second kappa shape index (κ2) is 5.70. The molecule has 0 aliphatic rings. The summed E-state index contributed by atoms with van der Waals surface area (Å²) in [6.07, 6.45) is 1.98. The average Bonchev–Trinajstić information content (AvgIpc) is 2.89. The number of hydrogen-bond donors (Lipinski definition) is 1. The van der Waals surface area contributed by atoms with Crippen LogP contribution in [0.15, 0.2) is 60.8 Å². The van der Waals surface area contributed by atoms with Crippen LogP contribution in [0.5, 0.6) is 0 Å². The molecule has 3 aromatic rings. The molecule has 3 heteroatoms. The zero-order chi connectivity index (χ0) is 14.8. The molecule has 1 N–H and O–H groups in total. The normalized spacial score (nSPS) is 11.0. The molecule has 3 rings (SSSR count). The zero-order valence-electron chi connectivity index (χ0n) is 12.2. The van der Waals surface area contributed by atoms with Gasteiger partial charge in [-0.3, -0.25) is 4.57 Å². The van der Waals surface area contributed by atoms with Crippen LogP contribution in [-0.2, 0) is 0 Å². The van der Waals surface area contributed by atoms with E-state index in [1.54, 1.807) is 0 Å². The maximum Gasteiger partial charge on any atom is 0.182 e. The van der Waals surface area contributed by atoms with Crippen molar-refractivity contribution in [2.45, 2.75) is 19.8 Å². The fourth-order valence-electron chi connectivity index (χ4n) is 2.61. The van der Waals surface area contributed by atoms with E-state index in [-0.39, 0.29) is 0 Å². The van der Waals surface area contributed by atoms with Gasteiger partial charge in [-0.2, -0.15) is 0 Å². The van der Waals surface area contributed by atoms with Gasteiger partial charge < -0.3 is 4.98 Å². The summed E-state index contributed by atoms with van der Waals surface area (Å²) in [4.78, 5) is 3.18. The summed E-state index contributed by atoms with van der Waals surface area (Å²) in [5.74, 6) is 0.446. The lowest BCUT2D eigenvalue weighted by Crippen LogP contribution is -2.02. The van der Waals surface area contributed by atoms with Gasteiger partial charge in [0, 0.05) is 11.8 Å². The number of benzene rings is 2. The lowest BCUT2D eigenvalue weighted by atomic mass is 10.0. The molecule has 0 amide bonds. The summed E-state index contributed by atoms with van der Waals surface area (Å²) in [6.45, 7) is 4.41. The fraction of sp³-hybridized carbons (Fsp3) is 0.167. The molecule has 0 saturated carbocycles. The third-order valence-corrected chi connectivity index (χ3v) is 3.95. The van der Waals surface area contributed by atoms with E-state index in [9.17, 15) is 0 Å². The molecule has 0 atom stereocenters. The first-order valence-corrected chi connectivity index (χ1v) is 7.54. The number of H-pyrrole nitrogens is 1. The van der Waals surface area contributed by atoms with Crippen LogP contribution in [-0.4, -0.2) is 9.55 Å². The van der Waals surface area contributed by atoms with Crippen molar-refractivity contribution < 1.29 is 0 Å². The summed E-state index contributed by atoms with van der Waals surface area (Å²) >= 11 is 5.51. The predicted molar refractivity (Wildman–Crippen MR) is 90.5 cm³/mol. The Kier molecular flexibility index (Phi) is 3.76. The molecular formula is C18H18N2S. The molecule has 0 aliphatic carbocycles. The van der Waals surface area contributed by atoms with Crippen molar-refractivity contribution in [3.05, 3.63) is 71.1 Å². The van der Waals surface area contributed by atoms with Gasteiger partial charge in [0.15, 0.2) is 4.77 Å². The minimum Gasteiger partial charge on any atom is -0.336 e. The number of aromatic nitrogens is 2. The third kappa shape index (κ3) is 2.57. The maximum atomic E-state index is 5.51. The van der Waals surface area contributed by atoms with Crippen molar-refractivity contribution in [2.75, 3.05) is 0 Å². The first-order valence-electron chi connectivity index (χ1n) is 7.13. The van der Waals surface area contributed by atoms with Crippen molar-refractivity contribution in [3.8, 4) is 16.9 Å². The van der Waals surface area contributed by atoms with E-state index >= 15 is 0 Å². The number of aromatic amines is 1. The second-order valence-corrected chi connectivity index (χ2v) is 5.78. The molecule has 2 aromatic carbocycles. The van der Waals surface area contributed by atoms with Crippen LogP contribution in [0.25, 0.3) is 16.9 Å². The van der Waals surface area contributed by atoms with E-state index in [0.29, 0.717) is 5.92 Å². The highest BCUT2D eigenvalue weighted by Gasteiger charge is 2.13. The van der Waals surface area contributed by atoms with E-state index in [1.807, 2.05) is 24.4 Å². The van der Waals surface area contributed by atoms with Gasteiger partial charge >= 0.3 is 0 Å². The molecule has 0 fully saturated rings. The molecule has 1 heterocycles. The summed E-state index contributed by atoms with van der Waals surface area (Å²) in [5, 5.41) is 0. The van der Waals surface area contributed by atoms with Crippen molar-refractivity contribution in [2.24, 2.45) is 0 Å². The molecule has 0 aliphatic heterocycles. The topological polar surface area (TPSA) is 20.7 Å². The van der Waals surface area contributed by atoms with Crippen LogP contribution in [0, 0.1) is 4.77 Å². The molecular weight excluding hydrogens is 276 g/mol. The fourth-order valence-corrected chi connectivity index (χ4v) is 2.86. The molecule has 0 saturated heterocycles. The first kappa shape index (κ1) is 13.8. The number of imidazole rings is 1. The van der Waals surface area contributed by atoms with Gasteiger partial charge in [-0.1, -0.05) is 62.4 Å². The quantitative estimate of drug-likeness (QED) is 0.648. The Hall–Kier alpha value is -2.13. The van der Waals surface area contributed by atoms with Crippen LogP contribution in [0.4, 0.5) is 0 Å². The number of para-hydroxylation sites is 1. The van der Waals surface area contributed by atoms with Crippen molar-refractivity contribution in [1.29, 1.82) is 0 Å². The summed E-state index contributed by atoms with van der Waals surface area (Å²) in [7, 11) is 0. The molecule has 2 nitrogen and oxygen atoms in total. The molecule has 1 aromatic heterocycles. The van der Waals surface area contributed by atoms with E-state index < -0.39 is 0 Å². The molecule has 0 radical (unpaired) electrons. The average molecular weight is 294 g/mol. The summed E-state index contributed by atoms with van der Waals surface area (Å²) in [5.41, 5.74) is 4.69. The minimum atomic E-state index is 0.446. The molecule has 21 heavy (non-hydrogen) atoms. The van der Waals surface area contributed by atoms with Crippen LogP contribution in [0.1, 0.15) is 25.3 Å². The first-order chi connectivity index (χ1) is 10.2. The number of nitrogens with one attached hydrogen (secondary N) is 1. The van der Waals surface area contributed by atoms with Gasteiger partial charge in [-0.25, -0.2) is 0 Å². The maximum absolute atomic E-state index is 5.51. The second-order valence-electron chi connectivity index (χ2n) is 5.39. The van der Waals surface area contributed by atoms with E-state index in [0.717, 1.165) is 21.7 Å². The SMILES string of the molecule is CC(C)c1ccccc1-n1c(-c2ccccc2)c[nH]c1=S. The van der Waals surface area contributed by atoms with Gasteiger partial charge in [0.05, 0.1) is 11.4 Å². The Bertz CT molecular complexity index is 797. The van der Waals surface area contributed by atoms with Crippen LogP contribution < -0.4 is 0 Å². The largest absolute Gasteiger partial charge is 0.336 e. The number of rotatable bonds is 3. The van der Waals surface area contributed by atoms with Crippen LogP contribution >= 0.6 is 12.2 Å². The van der Waals surface area contributed by atoms with E-state index in [2.05, 4.69) is 59.8 Å². The Balaban J connectivity index is 2.26. The highest BCUT2D eigenvalue weighted by atomic mass is 32.1. The molecule has 0 bridgehead atoms. The van der Waals surface area contributed by atoms with Crippen molar-refractivity contribution in [3.63, 3.8) is 0 Å². The minimum absolute atomic E-state index is 0.446. The Labute approximate surface area is 130 Å². The predicted octanol–water partition coefficient (Wildman–Crippen LogP) is 5.33. The zero-order valence-corrected chi connectivity index (χ0v) is 13.0. The van der Waals surface area contributed by atoms with E-state index in [4.69, 9.17) is 12.2 Å². The van der Waals surface area contributed by atoms with Crippen LogP contribution in [0.3, 0.4) is 0 Å². The van der Waals surface area contributed by atoms with Gasteiger partial charge in [0.2, 0.25) is 0 Å². The molecule has 0 unspecified atom stereocenters. The Morgan fingerprint density at radius 2 is 1.62 bits per heavy atom. The Morgan fingerprint density at radius 1 is 0.952 bits per heavy atom. The van der Waals surface area contributed by atoms with Crippen LogP contribution in [0.2, 0.25) is 0 Å². The Morgan fingerprint density at radius 3 is 2.33 bits per heavy atom. The van der Waals surface area contributed by atoms with Gasteiger partial charge in [-0.15, -0.1) is 0 Å². The third-order valence-electron chi connectivity index (χ3n) is 3.65. The van der Waals surface area contributed by atoms with Crippen molar-refractivity contribution >= 4 is 12.2 Å². The highest BCUT2D eigenvalue weighted by Crippen LogP contribution is 2.28. The lowest BCUT2D eigenvalue weighted by molar-refractivity contribution is 0.845. The summed E-state index contributed by atoms with van der Waals surface area (Å²) in [6, 6.07) is 18.8. The number of hydrogen-bond acceptors (Lipinski definition) is 1.